The molecule has 2 heterocycles. The molecular weight excluding hydrogens is 256 g/mol. The first-order valence-corrected chi connectivity index (χ1v) is 6.55. The van der Waals surface area contributed by atoms with Crippen molar-refractivity contribution in [2.75, 3.05) is 17.6 Å². The Morgan fingerprint density at radius 1 is 1.35 bits per heavy atom. The van der Waals surface area contributed by atoms with Gasteiger partial charge in [-0.3, -0.25) is 4.98 Å². The first kappa shape index (κ1) is 14.0. The monoisotopic (exact) mass is 274 g/mol. The van der Waals surface area contributed by atoms with Gasteiger partial charge in [0.25, 0.3) is 5.88 Å². The summed E-state index contributed by atoms with van der Waals surface area (Å²) in [5.41, 5.74) is 6.50. The summed E-state index contributed by atoms with van der Waals surface area (Å²) < 4.78 is 5.61. The van der Waals surface area contributed by atoms with Crippen molar-refractivity contribution in [2.45, 2.75) is 26.4 Å². The van der Waals surface area contributed by atoms with Crippen LogP contribution < -0.4 is 15.8 Å². The fraction of sp³-hybridized carbons (Fsp3) is 0.385. The fourth-order valence-electron chi connectivity index (χ4n) is 1.56. The summed E-state index contributed by atoms with van der Waals surface area (Å²) in [5.74, 6) is 0.992. The molecule has 0 unspecified atom stereocenters. The molecule has 0 spiro atoms. The predicted molar refractivity (Wildman–Crippen MR) is 76.2 cm³/mol. The number of nitrogens with two attached hydrogens (primary N) is 1. The number of rotatable bonds is 7. The van der Waals surface area contributed by atoms with Gasteiger partial charge in [0.15, 0.2) is 5.82 Å². The molecule has 0 saturated heterocycles. The largest absolute Gasteiger partial charge is 0.469 e. The first-order chi connectivity index (χ1) is 9.79. The number of pyridine rings is 1. The van der Waals surface area contributed by atoms with E-state index in [2.05, 4.69) is 32.4 Å². The van der Waals surface area contributed by atoms with Crippen LogP contribution >= 0.6 is 0 Å². The molecule has 0 atom stereocenters. The van der Waals surface area contributed by atoms with Gasteiger partial charge < -0.3 is 15.8 Å². The van der Waals surface area contributed by atoms with Crippen molar-refractivity contribution in [3.05, 3.63) is 30.1 Å². The maximum Gasteiger partial charge on any atom is 0.277 e. The van der Waals surface area contributed by atoms with Gasteiger partial charge in [-0.05, 0) is 12.5 Å². The van der Waals surface area contributed by atoms with Gasteiger partial charge in [-0.1, -0.05) is 19.4 Å². The smallest absolute Gasteiger partial charge is 0.277 e. The molecule has 7 heteroatoms. The average Bonchev–Trinajstić information content (AvgIpc) is 2.48. The lowest BCUT2D eigenvalue weighted by atomic mass is 10.3. The van der Waals surface area contributed by atoms with E-state index in [4.69, 9.17) is 10.5 Å². The van der Waals surface area contributed by atoms with Crippen molar-refractivity contribution in [3.8, 4) is 5.88 Å². The lowest BCUT2D eigenvalue weighted by Gasteiger charge is -2.10. The van der Waals surface area contributed by atoms with E-state index in [0.717, 1.165) is 24.9 Å². The molecule has 0 aliphatic rings. The van der Waals surface area contributed by atoms with Crippen molar-refractivity contribution in [3.63, 3.8) is 0 Å². The highest BCUT2D eigenvalue weighted by Crippen LogP contribution is 2.19. The third-order valence-corrected chi connectivity index (χ3v) is 2.59. The Morgan fingerprint density at radius 2 is 2.25 bits per heavy atom. The fourth-order valence-corrected chi connectivity index (χ4v) is 1.56. The molecule has 2 rings (SSSR count). The molecule has 20 heavy (non-hydrogen) atoms. The van der Waals surface area contributed by atoms with Crippen molar-refractivity contribution >= 4 is 11.8 Å². The maximum atomic E-state index is 5.61. The van der Waals surface area contributed by atoms with Gasteiger partial charge >= 0.3 is 0 Å². The van der Waals surface area contributed by atoms with Gasteiger partial charge in [-0.15, -0.1) is 10.2 Å². The normalized spacial score (nSPS) is 10.2. The number of nitrogen functional groups attached to an aromatic ring is 1. The zero-order valence-corrected chi connectivity index (χ0v) is 11.4. The second-order valence-electron chi connectivity index (χ2n) is 4.25. The third-order valence-electron chi connectivity index (χ3n) is 2.59. The van der Waals surface area contributed by atoms with Gasteiger partial charge in [-0.25, -0.2) is 0 Å². The van der Waals surface area contributed by atoms with Crippen LogP contribution in [0, 0.1) is 0 Å². The average molecular weight is 274 g/mol. The van der Waals surface area contributed by atoms with E-state index in [-0.39, 0.29) is 5.95 Å². The number of hydrogen-bond donors (Lipinski definition) is 2. The number of anilines is 2. The van der Waals surface area contributed by atoms with Gasteiger partial charge in [-0.2, -0.15) is 4.98 Å². The highest BCUT2D eigenvalue weighted by Gasteiger charge is 2.09. The molecule has 0 aliphatic carbocycles. The van der Waals surface area contributed by atoms with Crippen molar-refractivity contribution in [2.24, 2.45) is 0 Å². The number of nitrogens with zero attached hydrogens (tertiary/aromatic N) is 4. The Kier molecular flexibility index (Phi) is 5.05. The number of ether oxygens (including phenoxy) is 1. The summed E-state index contributed by atoms with van der Waals surface area (Å²) in [6.45, 7) is 3.27. The molecule has 0 aromatic carbocycles. The van der Waals surface area contributed by atoms with Crippen LogP contribution in [0.3, 0.4) is 0 Å². The van der Waals surface area contributed by atoms with Gasteiger partial charge in [0, 0.05) is 24.5 Å². The standard InChI is InChI=1S/C13H18N6O/c1-2-3-7-16-11-12(18-19-13(14)17-11)20-9-10-5-4-6-15-8-10/h4-6,8H,2-3,7,9H2,1H3,(H3,14,16,17,19). The van der Waals surface area contributed by atoms with E-state index in [9.17, 15) is 0 Å². The minimum absolute atomic E-state index is 0.123. The SMILES string of the molecule is CCCCNc1nc(N)nnc1OCc1cccnc1. The Morgan fingerprint density at radius 3 is 3.00 bits per heavy atom. The Balaban J connectivity index is 2.02. The maximum absolute atomic E-state index is 5.61. The van der Waals surface area contributed by atoms with Crippen LogP contribution in [0.25, 0.3) is 0 Å². The van der Waals surface area contributed by atoms with Crippen LogP contribution in [0.4, 0.5) is 11.8 Å². The Hall–Kier alpha value is -2.44. The van der Waals surface area contributed by atoms with Crippen LogP contribution in [-0.2, 0) is 6.61 Å². The quantitative estimate of drug-likeness (QED) is 0.740. The summed E-state index contributed by atoms with van der Waals surface area (Å²) in [7, 11) is 0. The van der Waals surface area contributed by atoms with E-state index in [1.165, 1.54) is 0 Å². The minimum atomic E-state index is 0.123. The van der Waals surface area contributed by atoms with E-state index >= 15 is 0 Å². The number of unbranched alkanes of at least 4 members (excludes halogenated alkanes) is 1. The molecular formula is C13H18N6O. The van der Waals surface area contributed by atoms with Crippen LogP contribution in [0.2, 0.25) is 0 Å². The lowest BCUT2D eigenvalue weighted by Crippen LogP contribution is -2.10. The van der Waals surface area contributed by atoms with Gasteiger partial charge in [0.2, 0.25) is 5.95 Å². The molecule has 0 bridgehead atoms. The molecule has 7 nitrogen and oxygen atoms in total. The Labute approximate surface area is 117 Å². The number of nitrogens with one attached hydrogen (secondary N) is 1. The summed E-state index contributed by atoms with van der Waals surface area (Å²) in [4.78, 5) is 8.14. The zero-order valence-electron chi connectivity index (χ0n) is 11.4. The summed E-state index contributed by atoms with van der Waals surface area (Å²) in [6.07, 6.45) is 5.58. The van der Waals surface area contributed by atoms with Crippen LogP contribution in [0.5, 0.6) is 5.88 Å². The van der Waals surface area contributed by atoms with E-state index < -0.39 is 0 Å². The molecule has 2 aromatic rings. The molecule has 2 aromatic heterocycles. The summed E-state index contributed by atoms with van der Waals surface area (Å²) >= 11 is 0. The third kappa shape index (κ3) is 4.04. The molecule has 3 N–H and O–H groups in total. The van der Waals surface area contributed by atoms with Crippen LogP contribution in [0.1, 0.15) is 25.3 Å². The van der Waals surface area contributed by atoms with E-state index in [0.29, 0.717) is 18.3 Å². The van der Waals surface area contributed by atoms with Gasteiger partial charge in [0.1, 0.15) is 6.61 Å². The van der Waals surface area contributed by atoms with Crippen molar-refractivity contribution in [1.82, 2.24) is 20.2 Å². The predicted octanol–water partition coefficient (Wildman–Crippen LogP) is 1.64. The highest BCUT2D eigenvalue weighted by atomic mass is 16.5. The second kappa shape index (κ2) is 7.22. The van der Waals surface area contributed by atoms with Crippen molar-refractivity contribution < 1.29 is 4.74 Å². The lowest BCUT2D eigenvalue weighted by molar-refractivity contribution is 0.290. The molecule has 0 amide bonds. The summed E-state index contributed by atoms with van der Waals surface area (Å²) in [6, 6.07) is 3.78. The second-order valence-corrected chi connectivity index (χ2v) is 4.25. The topological polar surface area (TPSA) is 98.8 Å². The number of hydrogen-bond acceptors (Lipinski definition) is 7. The van der Waals surface area contributed by atoms with Crippen LogP contribution in [-0.4, -0.2) is 26.7 Å². The molecule has 106 valence electrons. The molecule has 0 radical (unpaired) electrons. The zero-order chi connectivity index (χ0) is 14.2. The number of aromatic nitrogens is 4. The molecule has 0 fully saturated rings. The molecule has 0 saturated carbocycles. The van der Waals surface area contributed by atoms with Crippen LogP contribution in [0.15, 0.2) is 24.5 Å². The Bertz CT molecular complexity index is 534. The molecule has 0 aliphatic heterocycles. The summed E-state index contributed by atoms with van der Waals surface area (Å²) in [5, 5.41) is 10.8. The van der Waals surface area contributed by atoms with Crippen molar-refractivity contribution in [1.29, 1.82) is 0 Å². The van der Waals surface area contributed by atoms with Gasteiger partial charge in [0.05, 0.1) is 0 Å². The minimum Gasteiger partial charge on any atom is -0.469 e. The van der Waals surface area contributed by atoms with E-state index in [1.54, 1.807) is 12.4 Å². The van der Waals surface area contributed by atoms with E-state index in [1.807, 2.05) is 12.1 Å². The highest BCUT2D eigenvalue weighted by molar-refractivity contribution is 5.46. The first-order valence-electron chi connectivity index (χ1n) is 6.55.